The van der Waals surface area contributed by atoms with E-state index in [1.807, 2.05) is 0 Å². The second-order valence-electron chi connectivity index (χ2n) is 4.72. The van der Waals surface area contributed by atoms with Crippen LogP contribution in [0, 0.1) is 11.8 Å². The van der Waals surface area contributed by atoms with Gasteiger partial charge in [-0.1, -0.05) is 0 Å². The number of carbonyl (C=O) groups is 2. The maximum atomic E-state index is 12.2. The number of carbonyl (C=O) groups excluding carboxylic acids is 1. The topological polar surface area (TPSA) is 76.1 Å². The maximum Gasteiger partial charge on any atom is 0.307 e. The number of carboxylic acids is 1. The van der Waals surface area contributed by atoms with E-state index in [9.17, 15) is 9.59 Å². The van der Waals surface area contributed by atoms with E-state index in [0.29, 0.717) is 23.6 Å². The second kappa shape index (κ2) is 5.40. The molecule has 2 atom stereocenters. The average molecular weight is 279 g/mol. The summed E-state index contributed by atoms with van der Waals surface area (Å²) in [5.74, 6) is -0.994. The summed E-state index contributed by atoms with van der Waals surface area (Å²) in [5.41, 5.74) is 0.592. The second-order valence-corrected chi connectivity index (χ2v) is 4.72. The Morgan fingerprint density at radius 1 is 1.25 bits per heavy atom. The molecular weight excluding hydrogens is 262 g/mol. The molecule has 1 saturated carbocycles. The summed E-state index contributed by atoms with van der Waals surface area (Å²) in [7, 11) is 4.67. The molecule has 0 aliphatic heterocycles. The monoisotopic (exact) mass is 279 g/mol. The summed E-state index contributed by atoms with van der Waals surface area (Å²) in [6.07, 6.45) is 0.400. The molecule has 2 rings (SSSR count). The van der Waals surface area contributed by atoms with E-state index >= 15 is 0 Å². The highest BCUT2D eigenvalue weighted by molar-refractivity contribution is 6.00. The number of anilines is 1. The Morgan fingerprint density at radius 2 is 1.95 bits per heavy atom. The van der Waals surface area contributed by atoms with Gasteiger partial charge in [0, 0.05) is 13.1 Å². The largest absolute Gasteiger partial charge is 0.497 e. The third-order valence-electron chi connectivity index (χ3n) is 3.50. The Hall–Kier alpha value is -2.24. The van der Waals surface area contributed by atoms with Gasteiger partial charge in [-0.15, -0.1) is 0 Å². The minimum atomic E-state index is -0.918. The first kappa shape index (κ1) is 14.2. The molecule has 1 fully saturated rings. The van der Waals surface area contributed by atoms with Crippen LogP contribution in [0.1, 0.15) is 6.42 Å². The van der Waals surface area contributed by atoms with Crippen LogP contribution in [0.4, 0.5) is 5.69 Å². The number of nitrogens with zero attached hydrogens (tertiary/aromatic N) is 1. The summed E-state index contributed by atoms with van der Waals surface area (Å²) in [6.45, 7) is 0. The molecular formula is C14H17NO5. The van der Waals surface area contributed by atoms with Gasteiger partial charge in [-0.25, -0.2) is 0 Å². The number of methoxy groups -OCH3 is 2. The van der Waals surface area contributed by atoms with Crippen molar-refractivity contribution in [3.63, 3.8) is 0 Å². The lowest BCUT2D eigenvalue weighted by Gasteiger charge is -2.20. The first-order chi connectivity index (χ1) is 9.49. The predicted octanol–water partition coefficient (Wildman–Crippen LogP) is 1.39. The summed E-state index contributed by atoms with van der Waals surface area (Å²) in [6, 6.07) is 5.12. The molecule has 1 aliphatic carbocycles. The van der Waals surface area contributed by atoms with Gasteiger partial charge in [0.05, 0.1) is 31.7 Å². The smallest absolute Gasteiger partial charge is 0.307 e. The number of rotatable bonds is 5. The van der Waals surface area contributed by atoms with Gasteiger partial charge in [0.1, 0.15) is 11.5 Å². The van der Waals surface area contributed by atoms with Crippen molar-refractivity contribution < 1.29 is 24.2 Å². The minimum Gasteiger partial charge on any atom is -0.497 e. The number of benzene rings is 1. The lowest BCUT2D eigenvalue weighted by Crippen LogP contribution is -2.29. The van der Waals surface area contributed by atoms with Gasteiger partial charge in [0.25, 0.3) is 0 Å². The third kappa shape index (κ3) is 2.54. The number of aliphatic carboxylic acids is 1. The SMILES string of the molecule is COc1ccc(N(C)C(=O)C2CC2C(=O)O)c(OC)c1. The van der Waals surface area contributed by atoms with E-state index in [1.165, 1.54) is 12.0 Å². The van der Waals surface area contributed by atoms with Gasteiger partial charge in [0.15, 0.2) is 0 Å². The molecule has 6 heteroatoms. The molecule has 0 spiro atoms. The molecule has 1 aliphatic rings. The van der Waals surface area contributed by atoms with Crippen LogP contribution >= 0.6 is 0 Å². The Bertz CT molecular complexity index is 542. The normalized spacial score (nSPS) is 20.1. The van der Waals surface area contributed by atoms with Crippen LogP contribution in [0.15, 0.2) is 18.2 Å². The summed E-state index contributed by atoms with van der Waals surface area (Å²) in [4.78, 5) is 24.5. The molecule has 1 aromatic rings. The van der Waals surface area contributed by atoms with Crippen molar-refractivity contribution in [2.75, 3.05) is 26.2 Å². The zero-order chi connectivity index (χ0) is 14.9. The van der Waals surface area contributed by atoms with Crippen LogP contribution in [0.3, 0.4) is 0 Å². The molecule has 0 heterocycles. The zero-order valence-electron chi connectivity index (χ0n) is 11.6. The lowest BCUT2D eigenvalue weighted by molar-refractivity contribution is -0.139. The van der Waals surface area contributed by atoms with Crippen molar-refractivity contribution in [2.45, 2.75) is 6.42 Å². The summed E-state index contributed by atoms with van der Waals surface area (Å²) in [5, 5.41) is 8.88. The van der Waals surface area contributed by atoms with Crippen molar-refractivity contribution in [1.82, 2.24) is 0 Å². The van der Waals surface area contributed by atoms with Crippen LogP contribution in [0.5, 0.6) is 11.5 Å². The van der Waals surface area contributed by atoms with Crippen molar-refractivity contribution in [3.8, 4) is 11.5 Å². The highest BCUT2D eigenvalue weighted by Crippen LogP contribution is 2.42. The van der Waals surface area contributed by atoms with Crippen molar-refractivity contribution in [2.24, 2.45) is 11.8 Å². The number of hydrogen-bond acceptors (Lipinski definition) is 4. The van der Waals surface area contributed by atoms with Gasteiger partial charge in [-0.2, -0.15) is 0 Å². The van der Waals surface area contributed by atoms with E-state index in [-0.39, 0.29) is 5.91 Å². The van der Waals surface area contributed by atoms with E-state index in [0.717, 1.165) is 0 Å². The van der Waals surface area contributed by atoms with Crippen molar-refractivity contribution in [1.29, 1.82) is 0 Å². The highest BCUT2D eigenvalue weighted by atomic mass is 16.5. The maximum absolute atomic E-state index is 12.2. The van der Waals surface area contributed by atoms with E-state index in [1.54, 1.807) is 32.4 Å². The number of amides is 1. The zero-order valence-corrected chi connectivity index (χ0v) is 11.6. The summed E-state index contributed by atoms with van der Waals surface area (Å²) < 4.78 is 10.3. The molecule has 0 saturated heterocycles. The minimum absolute atomic E-state index is 0.208. The van der Waals surface area contributed by atoms with Crippen LogP contribution in [-0.4, -0.2) is 38.3 Å². The molecule has 1 amide bonds. The van der Waals surface area contributed by atoms with Crippen LogP contribution in [0.25, 0.3) is 0 Å². The van der Waals surface area contributed by atoms with Crippen LogP contribution in [-0.2, 0) is 9.59 Å². The molecule has 1 aromatic carbocycles. The first-order valence-electron chi connectivity index (χ1n) is 6.22. The van der Waals surface area contributed by atoms with E-state index in [4.69, 9.17) is 14.6 Å². The quantitative estimate of drug-likeness (QED) is 0.881. The fraction of sp³-hybridized carbons (Fsp3) is 0.429. The standard InChI is InChI=1S/C14H17NO5/c1-15(13(16)9-7-10(9)14(17)18)11-5-4-8(19-2)6-12(11)20-3/h4-6,9-10H,7H2,1-3H3,(H,17,18). The van der Waals surface area contributed by atoms with Gasteiger partial charge in [-0.3, -0.25) is 9.59 Å². The molecule has 1 N–H and O–H groups in total. The summed E-state index contributed by atoms with van der Waals surface area (Å²) >= 11 is 0. The van der Waals surface area contributed by atoms with Crippen molar-refractivity contribution in [3.05, 3.63) is 18.2 Å². The van der Waals surface area contributed by atoms with E-state index in [2.05, 4.69) is 0 Å². The fourth-order valence-electron chi connectivity index (χ4n) is 2.17. The van der Waals surface area contributed by atoms with Gasteiger partial charge in [0.2, 0.25) is 5.91 Å². The van der Waals surface area contributed by atoms with Gasteiger partial charge >= 0.3 is 5.97 Å². The molecule has 2 unspecified atom stereocenters. The number of hydrogen-bond donors (Lipinski definition) is 1. The molecule has 20 heavy (non-hydrogen) atoms. The fourth-order valence-corrected chi connectivity index (χ4v) is 2.17. The van der Waals surface area contributed by atoms with E-state index < -0.39 is 17.8 Å². The number of carboxylic acid groups (broad SMARTS) is 1. The lowest BCUT2D eigenvalue weighted by atomic mass is 10.2. The molecule has 6 nitrogen and oxygen atoms in total. The van der Waals surface area contributed by atoms with Crippen molar-refractivity contribution >= 4 is 17.6 Å². The van der Waals surface area contributed by atoms with Gasteiger partial charge in [-0.05, 0) is 18.6 Å². The Labute approximate surface area is 116 Å². The molecule has 0 aromatic heterocycles. The molecule has 0 radical (unpaired) electrons. The Balaban J connectivity index is 2.19. The first-order valence-corrected chi connectivity index (χ1v) is 6.22. The highest BCUT2D eigenvalue weighted by Gasteiger charge is 2.49. The van der Waals surface area contributed by atoms with Gasteiger partial charge < -0.3 is 19.5 Å². The van der Waals surface area contributed by atoms with Crippen LogP contribution in [0.2, 0.25) is 0 Å². The Kier molecular flexibility index (Phi) is 3.83. The Morgan fingerprint density at radius 3 is 2.45 bits per heavy atom. The predicted molar refractivity (Wildman–Crippen MR) is 72.2 cm³/mol. The number of ether oxygens (including phenoxy) is 2. The molecule has 108 valence electrons. The molecule has 0 bridgehead atoms. The third-order valence-corrected chi connectivity index (χ3v) is 3.50. The van der Waals surface area contributed by atoms with Crippen LogP contribution < -0.4 is 14.4 Å². The average Bonchev–Trinajstić information content (AvgIpc) is 3.25.